The second-order valence-electron chi connectivity index (χ2n) is 5.66. The van der Waals surface area contributed by atoms with Gasteiger partial charge in [0.2, 0.25) is 0 Å². The Balaban J connectivity index is 0.000000289. The Morgan fingerprint density at radius 2 is 1.48 bits per heavy atom. The molecule has 2 aromatic carbocycles. The van der Waals surface area contributed by atoms with Gasteiger partial charge in [0.15, 0.2) is 35.6 Å². The Labute approximate surface area is 159 Å². The molecule has 1 N–H and O–H groups in total. The lowest BCUT2D eigenvalue weighted by atomic mass is 10.2. The van der Waals surface area contributed by atoms with Crippen molar-refractivity contribution in [1.82, 2.24) is 4.90 Å². The quantitative estimate of drug-likeness (QED) is 0.710. The molecule has 0 fully saturated rings. The van der Waals surface area contributed by atoms with Crippen molar-refractivity contribution in [3.63, 3.8) is 0 Å². The van der Waals surface area contributed by atoms with Crippen LogP contribution < -0.4 is 14.2 Å². The van der Waals surface area contributed by atoms with E-state index in [0.29, 0.717) is 35.7 Å². The molecule has 0 radical (unpaired) electrons. The molecular formula is C20H25NO6. The van der Waals surface area contributed by atoms with Crippen LogP contribution in [0, 0.1) is 0 Å². The van der Waals surface area contributed by atoms with Gasteiger partial charge in [-0.05, 0) is 38.4 Å². The summed E-state index contributed by atoms with van der Waals surface area (Å²) < 4.78 is 15.5. The van der Waals surface area contributed by atoms with Crippen LogP contribution in [-0.2, 0) is 0 Å². The largest absolute Gasteiger partial charge is 0.504 e. The maximum absolute atomic E-state index is 10.8. The summed E-state index contributed by atoms with van der Waals surface area (Å²) in [6, 6.07) is 10.00. The first-order valence-corrected chi connectivity index (χ1v) is 8.19. The predicted molar refractivity (Wildman–Crippen MR) is 102 cm³/mol. The summed E-state index contributed by atoms with van der Waals surface area (Å²) in [5, 5.41) is 9.23. The Morgan fingerprint density at radius 3 is 2.00 bits per heavy atom. The normalized spacial score (nSPS) is 9.81. The highest BCUT2D eigenvalue weighted by atomic mass is 16.5. The van der Waals surface area contributed by atoms with Crippen LogP contribution in [0.5, 0.6) is 23.0 Å². The fourth-order valence-electron chi connectivity index (χ4n) is 2.07. The second-order valence-corrected chi connectivity index (χ2v) is 5.66. The summed E-state index contributed by atoms with van der Waals surface area (Å²) in [4.78, 5) is 23.1. The van der Waals surface area contributed by atoms with E-state index in [1.165, 1.54) is 13.2 Å². The molecule has 0 aliphatic rings. The minimum atomic E-state index is -0.106. The van der Waals surface area contributed by atoms with E-state index < -0.39 is 0 Å². The standard InChI is InChI=1S/C12H17NO3.C8H8O3/c1-13(2)7-8-16-12-10(9-14)5-4-6-11(12)15-3;1-11-7-4-2-3-6(5-9)8(7)10/h4-6,9H,7-8H2,1-3H3;2-5,10H,1H3. The van der Waals surface area contributed by atoms with E-state index in [1.54, 1.807) is 37.4 Å². The van der Waals surface area contributed by atoms with Crippen LogP contribution in [0.2, 0.25) is 0 Å². The summed E-state index contributed by atoms with van der Waals surface area (Å²) in [5.74, 6) is 1.31. The van der Waals surface area contributed by atoms with Gasteiger partial charge in [-0.3, -0.25) is 9.59 Å². The molecule has 0 heterocycles. The van der Waals surface area contributed by atoms with Crippen molar-refractivity contribution in [3.05, 3.63) is 47.5 Å². The van der Waals surface area contributed by atoms with E-state index in [4.69, 9.17) is 14.2 Å². The number of phenolic OH excluding ortho intramolecular Hbond substituents is 1. The smallest absolute Gasteiger partial charge is 0.171 e. The molecule has 0 bridgehead atoms. The van der Waals surface area contributed by atoms with Crippen LogP contribution in [0.15, 0.2) is 36.4 Å². The Bertz CT molecular complexity index is 745. The molecule has 0 aliphatic heterocycles. The molecule has 146 valence electrons. The fraction of sp³-hybridized carbons (Fsp3) is 0.300. The van der Waals surface area contributed by atoms with Crippen LogP contribution in [0.1, 0.15) is 20.7 Å². The molecule has 0 amide bonds. The Kier molecular flexibility index (Phi) is 9.39. The van der Waals surface area contributed by atoms with E-state index in [-0.39, 0.29) is 11.3 Å². The van der Waals surface area contributed by atoms with Crippen molar-refractivity contribution < 1.29 is 28.9 Å². The summed E-state index contributed by atoms with van der Waals surface area (Å²) >= 11 is 0. The Morgan fingerprint density at radius 1 is 0.926 bits per heavy atom. The van der Waals surface area contributed by atoms with Crippen molar-refractivity contribution >= 4 is 12.6 Å². The predicted octanol–water partition coefficient (Wildman–Crippen LogP) is 2.66. The molecule has 0 unspecified atom stereocenters. The highest BCUT2D eigenvalue weighted by Gasteiger charge is 2.09. The number of nitrogens with zero attached hydrogens (tertiary/aromatic N) is 1. The number of carbonyl (C=O) groups excluding carboxylic acids is 2. The van der Waals surface area contributed by atoms with Gasteiger partial charge in [0.25, 0.3) is 0 Å². The average Bonchev–Trinajstić information content (AvgIpc) is 2.68. The topological polar surface area (TPSA) is 85.3 Å². The summed E-state index contributed by atoms with van der Waals surface area (Å²) in [6.07, 6.45) is 1.35. The first-order chi connectivity index (χ1) is 13.0. The average molecular weight is 375 g/mol. The van der Waals surface area contributed by atoms with Gasteiger partial charge in [-0.15, -0.1) is 0 Å². The number of likely N-dealkylation sites (N-methyl/N-ethyl adjacent to an activating group) is 1. The molecule has 0 saturated heterocycles. The van der Waals surface area contributed by atoms with Crippen molar-refractivity contribution in [2.24, 2.45) is 0 Å². The van der Waals surface area contributed by atoms with E-state index in [0.717, 1.165) is 12.8 Å². The lowest BCUT2D eigenvalue weighted by Crippen LogP contribution is -2.19. The lowest BCUT2D eigenvalue weighted by molar-refractivity contribution is 0.111. The van der Waals surface area contributed by atoms with Gasteiger partial charge < -0.3 is 24.2 Å². The highest BCUT2D eigenvalue weighted by molar-refractivity contribution is 5.81. The number of aromatic hydroxyl groups is 1. The SMILES string of the molecule is COc1cccc(C=O)c1O.COc1cccc(C=O)c1OCCN(C)C. The minimum absolute atomic E-state index is 0.106. The van der Waals surface area contributed by atoms with Crippen molar-refractivity contribution in [3.8, 4) is 23.0 Å². The van der Waals surface area contributed by atoms with E-state index in [1.807, 2.05) is 19.0 Å². The zero-order valence-electron chi connectivity index (χ0n) is 16.0. The van der Waals surface area contributed by atoms with Crippen LogP contribution in [-0.4, -0.2) is 64.0 Å². The Hall–Kier alpha value is -3.06. The molecule has 2 rings (SSSR count). The number of benzene rings is 2. The number of ether oxygens (including phenoxy) is 3. The number of hydrogen-bond donors (Lipinski definition) is 1. The number of methoxy groups -OCH3 is 2. The zero-order valence-corrected chi connectivity index (χ0v) is 16.0. The van der Waals surface area contributed by atoms with Gasteiger partial charge in [0.05, 0.1) is 25.3 Å². The van der Waals surface area contributed by atoms with Crippen LogP contribution in [0.25, 0.3) is 0 Å². The van der Waals surface area contributed by atoms with Gasteiger partial charge >= 0.3 is 0 Å². The lowest BCUT2D eigenvalue weighted by Gasteiger charge is -2.14. The van der Waals surface area contributed by atoms with Gasteiger partial charge in [-0.2, -0.15) is 0 Å². The van der Waals surface area contributed by atoms with Crippen LogP contribution in [0.3, 0.4) is 0 Å². The molecule has 0 saturated carbocycles. The van der Waals surface area contributed by atoms with E-state index in [9.17, 15) is 14.7 Å². The molecule has 0 aromatic heterocycles. The van der Waals surface area contributed by atoms with Crippen LogP contribution >= 0.6 is 0 Å². The molecule has 27 heavy (non-hydrogen) atoms. The van der Waals surface area contributed by atoms with Gasteiger partial charge in [-0.1, -0.05) is 12.1 Å². The number of phenols is 1. The van der Waals surface area contributed by atoms with Gasteiger partial charge in [0, 0.05) is 6.54 Å². The molecule has 0 spiro atoms. The molecular weight excluding hydrogens is 350 g/mol. The third-order valence-corrected chi connectivity index (χ3v) is 3.52. The number of hydrogen-bond acceptors (Lipinski definition) is 7. The molecule has 7 nitrogen and oxygen atoms in total. The number of para-hydroxylation sites is 2. The second kappa shape index (κ2) is 11.5. The van der Waals surface area contributed by atoms with Crippen molar-refractivity contribution in [2.75, 3.05) is 41.5 Å². The third kappa shape index (κ3) is 6.63. The van der Waals surface area contributed by atoms with Crippen molar-refractivity contribution in [1.29, 1.82) is 0 Å². The molecule has 2 aromatic rings. The first-order valence-electron chi connectivity index (χ1n) is 8.19. The van der Waals surface area contributed by atoms with Gasteiger partial charge in [-0.25, -0.2) is 0 Å². The van der Waals surface area contributed by atoms with Gasteiger partial charge in [0.1, 0.15) is 6.61 Å². The molecule has 0 atom stereocenters. The zero-order chi connectivity index (χ0) is 20.2. The maximum atomic E-state index is 10.8. The summed E-state index contributed by atoms with van der Waals surface area (Å²) in [7, 11) is 6.92. The fourth-order valence-corrected chi connectivity index (χ4v) is 2.07. The minimum Gasteiger partial charge on any atom is -0.504 e. The monoisotopic (exact) mass is 375 g/mol. The highest BCUT2D eigenvalue weighted by Crippen LogP contribution is 2.30. The number of aldehydes is 2. The maximum Gasteiger partial charge on any atom is 0.171 e. The van der Waals surface area contributed by atoms with E-state index >= 15 is 0 Å². The van der Waals surface area contributed by atoms with Crippen molar-refractivity contribution in [2.45, 2.75) is 0 Å². The first kappa shape index (κ1) is 22.0. The number of carbonyl (C=O) groups is 2. The summed E-state index contributed by atoms with van der Waals surface area (Å²) in [5.41, 5.74) is 0.752. The number of rotatable bonds is 8. The summed E-state index contributed by atoms with van der Waals surface area (Å²) in [6.45, 7) is 1.31. The third-order valence-electron chi connectivity index (χ3n) is 3.52. The molecule has 7 heteroatoms. The van der Waals surface area contributed by atoms with Crippen LogP contribution in [0.4, 0.5) is 0 Å². The van der Waals surface area contributed by atoms with E-state index in [2.05, 4.69) is 0 Å². The molecule has 0 aliphatic carbocycles.